The maximum absolute atomic E-state index is 12.8. The van der Waals surface area contributed by atoms with E-state index < -0.39 is 36.1 Å². The molecule has 1 aromatic rings. The molecule has 2 unspecified atom stereocenters. The fourth-order valence-electron chi connectivity index (χ4n) is 3.04. The Hall–Kier alpha value is -2.58. The highest BCUT2D eigenvalue weighted by Crippen LogP contribution is 2.21. The number of benzene rings is 1. The predicted octanol–water partition coefficient (Wildman–Crippen LogP) is 3.50. The number of esters is 4. The third-order valence-corrected chi connectivity index (χ3v) is 4.97. The Morgan fingerprint density at radius 2 is 1.28 bits per heavy atom. The van der Waals surface area contributed by atoms with E-state index in [9.17, 15) is 29.4 Å². The van der Waals surface area contributed by atoms with Crippen molar-refractivity contribution < 1.29 is 38.9 Å². The van der Waals surface area contributed by atoms with Gasteiger partial charge in [0.1, 0.15) is 0 Å². The SMILES string of the molecule is CCCCc1cccc(C(=O)OC(=O)C(O)CCCC)c1C(=O)OC(=O)C(O)CCCC. The Kier molecular flexibility index (Phi) is 12.4. The summed E-state index contributed by atoms with van der Waals surface area (Å²) in [5, 5.41) is 19.7. The summed E-state index contributed by atoms with van der Waals surface area (Å²) < 4.78 is 9.62. The summed E-state index contributed by atoms with van der Waals surface area (Å²) in [6, 6.07) is 4.45. The zero-order valence-corrected chi connectivity index (χ0v) is 19.1. The van der Waals surface area contributed by atoms with Crippen LogP contribution in [0.25, 0.3) is 0 Å². The first-order valence-corrected chi connectivity index (χ1v) is 11.3. The van der Waals surface area contributed by atoms with Crippen molar-refractivity contribution in [3.63, 3.8) is 0 Å². The number of carbonyl (C=O) groups excluding carboxylic acids is 4. The number of rotatable bonds is 13. The zero-order valence-electron chi connectivity index (χ0n) is 19.1. The minimum absolute atomic E-state index is 0.151. The van der Waals surface area contributed by atoms with Crippen LogP contribution in [0.15, 0.2) is 18.2 Å². The number of hydrogen-bond acceptors (Lipinski definition) is 8. The van der Waals surface area contributed by atoms with Crippen molar-refractivity contribution in [3.05, 3.63) is 34.9 Å². The summed E-state index contributed by atoms with van der Waals surface area (Å²) in [4.78, 5) is 49.6. The average Bonchev–Trinajstić information content (AvgIpc) is 2.78. The Morgan fingerprint density at radius 3 is 1.78 bits per heavy atom. The lowest BCUT2D eigenvalue weighted by atomic mass is 9.97. The molecule has 32 heavy (non-hydrogen) atoms. The van der Waals surface area contributed by atoms with Gasteiger partial charge in [-0.2, -0.15) is 0 Å². The quantitative estimate of drug-likeness (QED) is 0.345. The number of carbonyl (C=O) groups is 4. The topological polar surface area (TPSA) is 127 Å². The molecular weight excluding hydrogens is 416 g/mol. The van der Waals surface area contributed by atoms with Crippen molar-refractivity contribution >= 4 is 23.9 Å². The number of unbranched alkanes of at least 4 members (excludes halogenated alkanes) is 3. The lowest BCUT2D eigenvalue weighted by Gasteiger charge is -2.15. The maximum Gasteiger partial charge on any atom is 0.347 e. The summed E-state index contributed by atoms with van der Waals surface area (Å²) in [6.45, 7) is 5.75. The summed E-state index contributed by atoms with van der Waals surface area (Å²) >= 11 is 0. The Balaban J connectivity index is 3.14. The van der Waals surface area contributed by atoms with Gasteiger partial charge >= 0.3 is 23.9 Å². The van der Waals surface area contributed by atoms with E-state index >= 15 is 0 Å². The van der Waals surface area contributed by atoms with Gasteiger partial charge in [-0.25, -0.2) is 19.2 Å². The van der Waals surface area contributed by atoms with Crippen LogP contribution in [0.5, 0.6) is 0 Å². The molecule has 0 spiro atoms. The molecule has 0 radical (unpaired) electrons. The zero-order chi connectivity index (χ0) is 24.1. The van der Waals surface area contributed by atoms with Crippen LogP contribution in [0.2, 0.25) is 0 Å². The molecule has 0 aliphatic rings. The normalized spacial score (nSPS) is 12.7. The summed E-state index contributed by atoms with van der Waals surface area (Å²) in [7, 11) is 0. The standard InChI is InChI=1S/C24H34O8/c1-4-7-11-16-12-10-13-17(21(27)31-22(28)18(25)14-8-5-2)20(16)24(30)32-23(29)19(26)15-9-6-3/h10,12-13,18-19,25-26H,4-9,11,14-15H2,1-3H3. The molecule has 1 aromatic carbocycles. The Bertz CT molecular complexity index is 786. The van der Waals surface area contributed by atoms with Gasteiger partial charge in [-0.05, 0) is 37.3 Å². The van der Waals surface area contributed by atoms with Crippen LogP contribution in [0, 0.1) is 0 Å². The molecule has 0 aliphatic heterocycles. The minimum atomic E-state index is -1.45. The number of aliphatic hydroxyl groups is 2. The van der Waals surface area contributed by atoms with Gasteiger partial charge in [-0.15, -0.1) is 0 Å². The highest BCUT2D eigenvalue weighted by molar-refractivity contribution is 6.09. The van der Waals surface area contributed by atoms with Crippen LogP contribution in [-0.4, -0.2) is 46.3 Å². The second kappa shape index (κ2) is 14.5. The molecule has 0 saturated carbocycles. The molecule has 0 aromatic heterocycles. The summed E-state index contributed by atoms with van der Waals surface area (Å²) in [6.07, 6.45) is 2.03. The van der Waals surface area contributed by atoms with E-state index in [-0.39, 0.29) is 24.0 Å². The lowest BCUT2D eigenvalue weighted by Crippen LogP contribution is -2.29. The second-order valence-corrected chi connectivity index (χ2v) is 7.68. The van der Waals surface area contributed by atoms with E-state index in [1.165, 1.54) is 12.1 Å². The van der Waals surface area contributed by atoms with Crippen molar-refractivity contribution in [3.8, 4) is 0 Å². The number of hydrogen-bond donors (Lipinski definition) is 2. The number of aryl methyl sites for hydroxylation is 1. The first-order chi connectivity index (χ1) is 15.3. The molecule has 2 atom stereocenters. The molecule has 0 heterocycles. The van der Waals surface area contributed by atoms with Gasteiger partial charge in [0.05, 0.1) is 11.1 Å². The third kappa shape index (κ3) is 8.51. The molecule has 0 fully saturated rings. The van der Waals surface area contributed by atoms with E-state index in [4.69, 9.17) is 9.47 Å². The average molecular weight is 451 g/mol. The number of ether oxygens (including phenoxy) is 2. The fraction of sp³-hybridized carbons (Fsp3) is 0.583. The largest absolute Gasteiger partial charge is 0.387 e. The van der Waals surface area contributed by atoms with Crippen molar-refractivity contribution in [2.75, 3.05) is 0 Å². The van der Waals surface area contributed by atoms with Gasteiger partial charge in [-0.3, -0.25) is 0 Å². The van der Waals surface area contributed by atoms with E-state index in [0.29, 0.717) is 31.2 Å². The molecule has 8 nitrogen and oxygen atoms in total. The van der Waals surface area contributed by atoms with Gasteiger partial charge in [-0.1, -0.05) is 65.0 Å². The summed E-state index contributed by atoms with van der Waals surface area (Å²) in [5.41, 5.74) is 0.0365. The van der Waals surface area contributed by atoms with E-state index in [0.717, 1.165) is 19.3 Å². The maximum atomic E-state index is 12.8. The first kappa shape index (κ1) is 27.5. The highest BCUT2D eigenvalue weighted by Gasteiger charge is 2.29. The van der Waals surface area contributed by atoms with E-state index in [1.807, 2.05) is 20.8 Å². The highest BCUT2D eigenvalue weighted by atomic mass is 16.6. The molecule has 8 heteroatoms. The van der Waals surface area contributed by atoms with Crippen molar-refractivity contribution in [1.82, 2.24) is 0 Å². The molecule has 0 amide bonds. The molecule has 1 rings (SSSR count). The van der Waals surface area contributed by atoms with Crippen LogP contribution >= 0.6 is 0 Å². The summed E-state index contributed by atoms with van der Waals surface area (Å²) in [5.74, 6) is -4.41. The minimum Gasteiger partial charge on any atom is -0.387 e. The van der Waals surface area contributed by atoms with E-state index in [1.54, 1.807) is 6.07 Å². The van der Waals surface area contributed by atoms with Gasteiger partial charge in [0.25, 0.3) is 0 Å². The monoisotopic (exact) mass is 450 g/mol. The van der Waals surface area contributed by atoms with Crippen molar-refractivity contribution in [2.45, 2.75) is 90.8 Å². The van der Waals surface area contributed by atoms with Crippen LogP contribution in [0.4, 0.5) is 0 Å². The molecule has 0 saturated heterocycles. The van der Waals surface area contributed by atoms with Crippen molar-refractivity contribution in [1.29, 1.82) is 0 Å². The van der Waals surface area contributed by atoms with Gasteiger partial charge in [0, 0.05) is 0 Å². The van der Waals surface area contributed by atoms with Gasteiger partial charge < -0.3 is 19.7 Å². The van der Waals surface area contributed by atoms with Gasteiger partial charge in [0.15, 0.2) is 12.2 Å². The van der Waals surface area contributed by atoms with Crippen LogP contribution in [0.1, 0.15) is 98.4 Å². The second-order valence-electron chi connectivity index (χ2n) is 7.68. The van der Waals surface area contributed by atoms with Crippen molar-refractivity contribution in [2.24, 2.45) is 0 Å². The van der Waals surface area contributed by atoms with Crippen LogP contribution in [0.3, 0.4) is 0 Å². The van der Waals surface area contributed by atoms with Gasteiger partial charge in [0.2, 0.25) is 0 Å². The first-order valence-electron chi connectivity index (χ1n) is 11.3. The third-order valence-electron chi connectivity index (χ3n) is 4.97. The smallest absolute Gasteiger partial charge is 0.347 e. The lowest BCUT2D eigenvalue weighted by molar-refractivity contribution is -0.149. The molecule has 0 bridgehead atoms. The molecule has 0 aliphatic carbocycles. The Morgan fingerprint density at radius 1 is 0.781 bits per heavy atom. The molecular formula is C24H34O8. The molecule has 2 N–H and O–H groups in total. The van der Waals surface area contributed by atoms with Crippen LogP contribution < -0.4 is 0 Å². The number of aliphatic hydroxyl groups excluding tert-OH is 2. The fourth-order valence-corrected chi connectivity index (χ4v) is 3.04. The van der Waals surface area contributed by atoms with Crippen LogP contribution in [-0.2, 0) is 25.5 Å². The Labute approximate surface area is 188 Å². The predicted molar refractivity (Wildman–Crippen MR) is 117 cm³/mol. The molecule has 178 valence electrons. The van der Waals surface area contributed by atoms with E-state index in [2.05, 4.69) is 0 Å².